The predicted octanol–water partition coefficient (Wildman–Crippen LogP) is 3.09. The van der Waals surface area contributed by atoms with Gasteiger partial charge >= 0.3 is 0 Å². The minimum Gasteiger partial charge on any atom is -0.382 e. The van der Waals surface area contributed by atoms with E-state index < -0.39 is 0 Å². The lowest BCUT2D eigenvalue weighted by molar-refractivity contribution is 0.105. The molecule has 0 aromatic heterocycles. The molecule has 2 heteroatoms. The summed E-state index contributed by atoms with van der Waals surface area (Å²) in [5.41, 5.74) is 2.74. The Labute approximate surface area is 98.0 Å². The summed E-state index contributed by atoms with van der Waals surface area (Å²) in [6.45, 7) is 6.11. The van der Waals surface area contributed by atoms with Crippen LogP contribution in [0.25, 0.3) is 0 Å². The van der Waals surface area contributed by atoms with Gasteiger partial charge in [-0.3, -0.25) is 0 Å². The SMILES string of the molecule is CC(C)COCCC1Cc2ccccc2N1. The summed E-state index contributed by atoms with van der Waals surface area (Å²) in [4.78, 5) is 0. The molecule has 0 spiro atoms. The van der Waals surface area contributed by atoms with Crippen LogP contribution in [-0.4, -0.2) is 19.3 Å². The molecule has 16 heavy (non-hydrogen) atoms. The van der Waals surface area contributed by atoms with Gasteiger partial charge in [0.2, 0.25) is 0 Å². The van der Waals surface area contributed by atoms with Crippen LogP contribution in [0.4, 0.5) is 5.69 Å². The fraction of sp³-hybridized carbons (Fsp3) is 0.571. The molecule has 0 bridgehead atoms. The normalized spacial score (nSPS) is 18.6. The smallest absolute Gasteiger partial charge is 0.0489 e. The van der Waals surface area contributed by atoms with E-state index in [1.807, 2.05) is 0 Å². The van der Waals surface area contributed by atoms with Crippen molar-refractivity contribution < 1.29 is 4.74 Å². The summed E-state index contributed by atoms with van der Waals surface area (Å²) in [5.74, 6) is 0.633. The van der Waals surface area contributed by atoms with Gasteiger partial charge in [0, 0.05) is 24.9 Å². The highest BCUT2D eigenvalue weighted by atomic mass is 16.5. The molecule has 0 amide bonds. The zero-order chi connectivity index (χ0) is 11.4. The van der Waals surface area contributed by atoms with E-state index in [0.717, 1.165) is 26.1 Å². The van der Waals surface area contributed by atoms with E-state index in [9.17, 15) is 0 Å². The molecule has 0 aliphatic carbocycles. The van der Waals surface area contributed by atoms with Gasteiger partial charge in [-0.1, -0.05) is 32.0 Å². The summed E-state index contributed by atoms with van der Waals surface area (Å²) in [6, 6.07) is 9.12. The number of ether oxygens (including phenoxy) is 1. The van der Waals surface area contributed by atoms with E-state index in [1.165, 1.54) is 11.3 Å². The lowest BCUT2D eigenvalue weighted by Crippen LogP contribution is -2.18. The Morgan fingerprint density at radius 1 is 1.38 bits per heavy atom. The summed E-state index contributed by atoms with van der Waals surface area (Å²) < 4.78 is 5.62. The van der Waals surface area contributed by atoms with Crippen molar-refractivity contribution in [3.05, 3.63) is 29.8 Å². The molecular weight excluding hydrogens is 198 g/mol. The third-order valence-corrected chi connectivity index (χ3v) is 2.91. The molecule has 1 N–H and O–H groups in total. The number of benzene rings is 1. The van der Waals surface area contributed by atoms with Crippen molar-refractivity contribution in [1.82, 2.24) is 0 Å². The summed E-state index contributed by atoms with van der Waals surface area (Å²) >= 11 is 0. The molecule has 1 atom stereocenters. The standard InChI is InChI=1S/C14H21NO/c1-11(2)10-16-8-7-13-9-12-5-3-4-6-14(12)15-13/h3-6,11,13,15H,7-10H2,1-2H3. The number of anilines is 1. The van der Waals surface area contributed by atoms with Gasteiger partial charge in [-0.15, -0.1) is 0 Å². The van der Waals surface area contributed by atoms with Crippen LogP contribution in [0, 0.1) is 5.92 Å². The molecule has 0 fully saturated rings. The first-order valence-electron chi connectivity index (χ1n) is 6.18. The Kier molecular flexibility index (Phi) is 3.83. The van der Waals surface area contributed by atoms with Crippen LogP contribution in [0.3, 0.4) is 0 Å². The van der Waals surface area contributed by atoms with Crippen LogP contribution >= 0.6 is 0 Å². The molecule has 1 aromatic carbocycles. The molecule has 2 rings (SSSR count). The van der Waals surface area contributed by atoms with Gasteiger partial charge in [0.25, 0.3) is 0 Å². The minimum absolute atomic E-state index is 0.560. The molecule has 1 aliphatic heterocycles. The molecule has 1 heterocycles. The molecular formula is C14H21NO. The molecule has 88 valence electrons. The minimum atomic E-state index is 0.560. The first-order chi connectivity index (χ1) is 7.75. The zero-order valence-corrected chi connectivity index (χ0v) is 10.2. The molecule has 0 saturated heterocycles. The van der Waals surface area contributed by atoms with Gasteiger partial charge in [-0.2, -0.15) is 0 Å². The van der Waals surface area contributed by atoms with Crippen LogP contribution in [0.5, 0.6) is 0 Å². The number of hydrogen-bond donors (Lipinski definition) is 1. The van der Waals surface area contributed by atoms with Crippen molar-refractivity contribution in [3.8, 4) is 0 Å². The predicted molar refractivity (Wildman–Crippen MR) is 67.8 cm³/mol. The van der Waals surface area contributed by atoms with E-state index in [2.05, 4.69) is 43.4 Å². The Morgan fingerprint density at radius 2 is 2.19 bits per heavy atom. The highest BCUT2D eigenvalue weighted by Gasteiger charge is 2.19. The van der Waals surface area contributed by atoms with Crippen molar-refractivity contribution in [2.45, 2.75) is 32.7 Å². The van der Waals surface area contributed by atoms with Gasteiger partial charge < -0.3 is 10.1 Å². The van der Waals surface area contributed by atoms with Crippen molar-refractivity contribution in [2.24, 2.45) is 5.92 Å². The Morgan fingerprint density at radius 3 is 2.94 bits per heavy atom. The highest BCUT2D eigenvalue weighted by molar-refractivity contribution is 5.56. The first-order valence-corrected chi connectivity index (χ1v) is 6.18. The van der Waals surface area contributed by atoms with E-state index >= 15 is 0 Å². The summed E-state index contributed by atoms with van der Waals surface area (Å²) in [5, 5.41) is 3.54. The first kappa shape index (κ1) is 11.5. The van der Waals surface area contributed by atoms with Crippen LogP contribution in [0.2, 0.25) is 0 Å². The third-order valence-electron chi connectivity index (χ3n) is 2.91. The molecule has 1 unspecified atom stereocenters. The van der Waals surface area contributed by atoms with E-state index in [0.29, 0.717) is 12.0 Å². The third kappa shape index (κ3) is 2.99. The maximum atomic E-state index is 5.62. The molecule has 1 aromatic rings. The maximum absolute atomic E-state index is 5.62. The van der Waals surface area contributed by atoms with Crippen LogP contribution in [-0.2, 0) is 11.2 Å². The second-order valence-electron chi connectivity index (χ2n) is 4.96. The largest absolute Gasteiger partial charge is 0.382 e. The molecule has 2 nitrogen and oxygen atoms in total. The fourth-order valence-electron chi connectivity index (χ4n) is 2.09. The highest BCUT2D eigenvalue weighted by Crippen LogP contribution is 2.26. The van der Waals surface area contributed by atoms with E-state index in [-0.39, 0.29) is 0 Å². The summed E-state index contributed by atoms with van der Waals surface area (Å²) in [7, 11) is 0. The van der Waals surface area contributed by atoms with Gasteiger partial charge in [0.05, 0.1) is 0 Å². The molecule has 1 aliphatic rings. The maximum Gasteiger partial charge on any atom is 0.0489 e. The average Bonchev–Trinajstić information content (AvgIpc) is 2.66. The lowest BCUT2D eigenvalue weighted by Gasteiger charge is -2.12. The topological polar surface area (TPSA) is 21.3 Å². The Hall–Kier alpha value is -1.02. The van der Waals surface area contributed by atoms with Crippen LogP contribution < -0.4 is 5.32 Å². The van der Waals surface area contributed by atoms with Gasteiger partial charge in [-0.25, -0.2) is 0 Å². The van der Waals surface area contributed by atoms with Gasteiger partial charge in [0.1, 0.15) is 0 Å². The quantitative estimate of drug-likeness (QED) is 0.768. The van der Waals surface area contributed by atoms with Crippen molar-refractivity contribution in [1.29, 1.82) is 0 Å². The second-order valence-corrected chi connectivity index (χ2v) is 4.96. The monoisotopic (exact) mass is 219 g/mol. The number of nitrogens with one attached hydrogen (secondary N) is 1. The van der Waals surface area contributed by atoms with Gasteiger partial charge in [0.15, 0.2) is 0 Å². The van der Waals surface area contributed by atoms with Gasteiger partial charge in [-0.05, 0) is 30.4 Å². The number of hydrogen-bond acceptors (Lipinski definition) is 2. The van der Waals surface area contributed by atoms with E-state index in [4.69, 9.17) is 4.74 Å². The van der Waals surface area contributed by atoms with Crippen molar-refractivity contribution >= 4 is 5.69 Å². The lowest BCUT2D eigenvalue weighted by atomic mass is 10.1. The molecule has 0 radical (unpaired) electrons. The van der Waals surface area contributed by atoms with Crippen molar-refractivity contribution in [2.75, 3.05) is 18.5 Å². The molecule has 0 saturated carbocycles. The average molecular weight is 219 g/mol. The Balaban J connectivity index is 1.71. The van der Waals surface area contributed by atoms with Crippen molar-refractivity contribution in [3.63, 3.8) is 0 Å². The van der Waals surface area contributed by atoms with Crippen LogP contribution in [0.15, 0.2) is 24.3 Å². The van der Waals surface area contributed by atoms with E-state index in [1.54, 1.807) is 0 Å². The summed E-state index contributed by atoms with van der Waals surface area (Å²) in [6.07, 6.45) is 2.24. The second kappa shape index (κ2) is 5.35. The van der Waals surface area contributed by atoms with Crippen LogP contribution in [0.1, 0.15) is 25.8 Å². The number of fused-ring (bicyclic) bond motifs is 1. The fourth-order valence-corrected chi connectivity index (χ4v) is 2.09. The number of para-hydroxylation sites is 1. The zero-order valence-electron chi connectivity index (χ0n) is 10.2. The Bertz CT molecular complexity index is 310. The number of rotatable bonds is 5.